The standard InChI is InChI=1S/C14H14/c1-2-6-11(5-1)14-10-9-12-7-3-4-8-13(12)14/h1-5,7-8,14H,6,9-10H2. The second-order valence-corrected chi connectivity index (χ2v) is 4.16. The lowest BCUT2D eigenvalue weighted by Gasteiger charge is -2.12. The Balaban J connectivity index is 1.98. The second kappa shape index (κ2) is 3.13. The van der Waals surface area contributed by atoms with E-state index < -0.39 is 0 Å². The van der Waals surface area contributed by atoms with Crippen molar-refractivity contribution >= 4 is 0 Å². The van der Waals surface area contributed by atoms with Crippen LogP contribution in [0.1, 0.15) is 29.9 Å². The fourth-order valence-corrected chi connectivity index (χ4v) is 2.66. The van der Waals surface area contributed by atoms with E-state index in [9.17, 15) is 0 Å². The summed E-state index contributed by atoms with van der Waals surface area (Å²) in [6, 6.07) is 8.90. The van der Waals surface area contributed by atoms with Crippen LogP contribution in [0.4, 0.5) is 0 Å². The molecule has 0 radical (unpaired) electrons. The molecule has 1 unspecified atom stereocenters. The van der Waals surface area contributed by atoms with Crippen LogP contribution in [0, 0.1) is 0 Å². The van der Waals surface area contributed by atoms with Gasteiger partial charge in [-0.05, 0) is 30.4 Å². The first-order chi connectivity index (χ1) is 6.95. The van der Waals surface area contributed by atoms with Gasteiger partial charge < -0.3 is 0 Å². The largest absolute Gasteiger partial charge is 0.0804 e. The maximum atomic E-state index is 2.30. The number of benzene rings is 1. The fourth-order valence-electron chi connectivity index (χ4n) is 2.66. The van der Waals surface area contributed by atoms with Gasteiger partial charge in [0.25, 0.3) is 0 Å². The van der Waals surface area contributed by atoms with Gasteiger partial charge in [0.05, 0.1) is 0 Å². The Bertz CT molecular complexity index is 410. The lowest BCUT2D eigenvalue weighted by Crippen LogP contribution is -1.95. The number of hydrogen-bond acceptors (Lipinski definition) is 0. The molecule has 0 nitrogen and oxygen atoms in total. The van der Waals surface area contributed by atoms with E-state index >= 15 is 0 Å². The quantitative estimate of drug-likeness (QED) is 0.622. The average Bonchev–Trinajstić information content (AvgIpc) is 2.85. The molecule has 0 fully saturated rings. The lowest BCUT2D eigenvalue weighted by molar-refractivity contribution is 0.759. The lowest BCUT2D eigenvalue weighted by atomic mass is 9.92. The summed E-state index contributed by atoms with van der Waals surface area (Å²) in [4.78, 5) is 0. The highest BCUT2D eigenvalue weighted by molar-refractivity contribution is 5.43. The summed E-state index contributed by atoms with van der Waals surface area (Å²) in [5.41, 5.74) is 4.74. The predicted octanol–water partition coefficient (Wildman–Crippen LogP) is 3.60. The number of aryl methyl sites for hydroxylation is 1. The van der Waals surface area contributed by atoms with Crippen LogP contribution in [0.15, 0.2) is 48.1 Å². The highest BCUT2D eigenvalue weighted by Gasteiger charge is 2.24. The zero-order chi connectivity index (χ0) is 9.38. The summed E-state index contributed by atoms with van der Waals surface area (Å²) in [6.07, 6.45) is 10.5. The molecule has 0 amide bonds. The summed E-state index contributed by atoms with van der Waals surface area (Å²) in [6.45, 7) is 0. The van der Waals surface area contributed by atoms with Crippen molar-refractivity contribution < 1.29 is 0 Å². The van der Waals surface area contributed by atoms with Crippen LogP contribution in [0.3, 0.4) is 0 Å². The maximum absolute atomic E-state index is 2.30. The summed E-state index contributed by atoms with van der Waals surface area (Å²) in [5, 5.41) is 0. The summed E-state index contributed by atoms with van der Waals surface area (Å²) in [5.74, 6) is 0.709. The topological polar surface area (TPSA) is 0 Å². The summed E-state index contributed by atoms with van der Waals surface area (Å²) in [7, 11) is 0. The van der Waals surface area contributed by atoms with E-state index in [4.69, 9.17) is 0 Å². The molecule has 0 N–H and O–H groups in total. The first-order valence-electron chi connectivity index (χ1n) is 5.38. The molecule has 0 heterocycles. The van der Waals surface area contributed by atoms with Crippen LogP contribution < -0.4 is 0 Å². The minimum Gasteiger partial charge on any atom is -0.0804 e. The van der Waals surface area contributed by atoms with Crippen molar-refractivity contribution in [1.82, 2.24) is 0 Å². The van der Waals surface area contributed by atoms with Crippen LogP contribution in [0.25, 0.3) is 0 Å². The van der Waals surface area contributed by atoms with Crippen molar-refractivity contribution in [2.75, 3.05) is 0 Å². The van der Waals surface area contributed by atoms with Crippen molar-refractivity contribution in [2.24, 2.45) is 0 Å². The molecule has 0 spiro atoms. The minimum atomic E-state index is 0.709. The van der Waals surface area contributed by atoms with Gasteiger partial charge in [-0.3, -0.25) is 0 Å². The van der Waals surface area contributed by atoms with Crippen molar-refractivity contribution in [2.45, 2.75) is 25.2 Å². The molecule has 0 aliphatic heterocycles. The van der Waals surface area contributed by atoms with Gasteiger partial charge in [-0.15, -0.1) is 0 Å². The van der Waals surface area contributed by atoms with Crippen molar-refractivity contribution in [3.8, 4) is 0 Å². The van der Waals surface area contributed by atoms with Crippen molar-refractivity contribution in [3.05, 3.63) is 59.2 Å². The van der Waals surface area contributed by atoms with Gasteiger partial charge in [-0.2, -0.15) is 0 Å². The Morgan fingerprint density at radius 2 is 2.07 bits per heavy atom. The predicted molar refractivity (Wildman–Crippen MR) is 59.3 cm³/mol. The first-order valence-corrected chi connectivity index (χ1v) is 5.38. The Morgan fingerprint density at radius 1 is 1.14 bits per heavy atom. The van der Waals surface area contributed by atoms with Crippen LogP contribution >= 0.6 is 0 Å². The monoisotopic (exact) mass is 182 g/mol. The Labute approximate surface area is 85.0 Å². The normalized spacial score (nSPS) is 23.7. The highest BCUT2D eigenvalue weighted by Crippen LogP contribution is 2.40. The van der Waals surface area contributed by atoms with Crippen molar-refractivity contribution in [1.29, 1.82) is 0 Å². The molecule has 70 valence electrons. The molecule has 0 bridgehead atoms. The molecular weight excluding hydrogens is 168 g/mol. The van der Waals surface area contributed by atoms with Crippen LogP contribution in [0.5, 0.6) is 0 Å². The SMILES string of the molecule is C1=CCC(C2CCc3ccccc32)=C1. The minimum absolute atomic E-state index is 0.709. The van der Waals surface area contributed by atoms with Crippen LogP contribution in [0.2, 0.25) is 0 Å². The molecule has 0 saturated heterocycles. The number of fused-ring (bicyclic) bond motifs is 1. The van der Waals surface area contributed by atoms with Gasteiger partial charge in [-0.25, -0.2) is 0 Å². The molecule has 0 aromatic heterocycles. The van der Waals surface area contributed by atoms with E-state index in [-0.39, 0.29) is 0 Å². The maximum Gasteiger partial charge on any atom is 0.00602 e. The third-order valence-electron chi connectivity index (χ3n) is 3.38. The fraction of sp³-hybridized carbons (Fsp3) is 0.286. The van der Waals surface area contributed by atoms with Gasteiger partial charge in [0, 0.05) is 5.92 Å². The molecule has 0 heteroatoms. The molecule has 1 aromatic carbocycles. The number of rotatable bonds is 1. The van der Waals surface area contributed by atoms with E-state index in [1.54, 1.807) is 16.7 Å². The van der Waals surface area contributed by atoms with Gasteiger partial charge >= 0.3 is 0 Å². The smallest absolute Gasteiger partial charge is 0.00602 e. The van der Waals surface area contributed by atoms with Crippen LogP contribution in [-0.2, 0) is 6.42 Å². The Hall–Kier alpha value is -1.30. The molecule has 14 heavy (non-hydrogen) atoms. The zero-order valence-electron chi connectivity index (χ0n) is 8.24. The first kappa shape index (κ1) is 8.05. The van der Waals surface area contributed by atoms with Gasteiger partial charge in [0.2, 0.25) is 0 Å². The third kappa shape index (κ3) is 1.14. The molecule has 2 aliphatic carbocycles. The zero-order valence-corrected chi connectivity index (χ0v) is 8.24. The van der Waals surface area contributed by atoms with E-state index in [0.29, 0.717) is 5.92 Å². The number of hydrogen-bond donors (Lipinski definition) is 0. The molecule has 2 aliphatic rings. The van der Waals surface area contributed by atoms with Gasteiger partial charge in [0.1, 0.15) is 0 Å². The van der Waals surface area contributed by atoms with Crippen molar-refractivity contribution in [3.63, 3.8) is 0 Å². The second-order valence-electron chi connectivity index (χ2n) is 4.16. The van der Waals surface area contributed by atoms with E-state index in [0.717, 1.165) is 0 Å². The van der Waals surface area contributed by atoms with E-state index in [1.165, 1.54) is 19.3 Å². The average molecular weight is 182 g/mol. The van der Waals surface area contributed by atoms with Gasteiger partial charge in [0.15, 0.2) is 0 Å². The van der Waals surface area contributed by atoms with E-state index in [1.807, 2.05) is 0 Å². The highest BCUT2D eigenvalue weighted by atomic mass is 14.3. The Morgan fingerprint density at radius 3 is 2.93 bits per heavy atom. The van der Waals surface area contributed by atoms with E-state index in [2.05, 4.69) is 42.5 Å². The van der Waals surface area contributed by atoms with Gasteiger partial charge in [-0.1, -0.05) is 48.1 Å². The number of allylic oxidation sites excluding steroid dienone is 4. The third-order valence-corrected chi connectivity index (χ3v) is 3.38. The molecule has 1 aromatic rings. The Kier molecular flexibility index (Phi) is 1.80. The molecule has 0 saturated carbocycles. The van der Waals surface area contributed by atoms with Crippen LogP contribution in [-0.4, -0.2) is 0 Å². The summed E-state index contributed by atoms with van der Waals surface area (Å²) < 4.78 is 0. The summed E-state index contributed by atoms with van der Waals surface area (Å²) >= 11 is 0. The molecule has 3 rings (SSSR count). The molecule has 1 atom stereocenters. The molecular formula is C14H14.